The van der Waals surface area contributed by atoms with E-state index in [-0.39, 0.29) is 6.61 Å². The Morgan fingerprint density at radius 2 is 0.360 bits per heavy atom. The summed E-state index contributed by atoms with van der Waals surface area (Å²) in [5.41, 5.74) is 0. The van der Waals surface area contributed by atoms with Crippen LogP contribution in [0.5, 0.6) is 0 Å². The maximum atomic E-state index is 11.5. The highest BCUT2D eigenvalue weighted by Crippen LogP contribution is 2.40. The standard InChI is InChI=1S/C55H94O45/c1-83-39-14(3-57)85-48(31(75)23(39)67)94-41-16(5-59)87-50(33(77)25(41)69)96-43-18(7-61)89-52(35(79)27(43)71)98-45-20(9-63)91-54(37(81)29(45)73)100-47-21(10-64)92-55(38(82)30(47)74)99-46-19(8-62)90-53(36(80)28(46)72)97-44-17(6-60)88-51(34(78)26(44)70)95-42-15(4-58)86-49(32(76)24(42)68)93-40-13(2-56)84-11-12(65)22(40)66/h12-82H,2-11H2,1H3/t12?,13?,14?,15?,16?,17?,18?,19?,20?,21?,22?,23?,24?,25?,26?,27?,28?,29?,30?,31?,32?,33?,34?,35?,36?,37?,38?,39-,40-,41-,42-,43-,44-,45-,46-,47-,48-,49+,50-,51-,52-,53-,54-,55-/m1/s1. The molecule has 9 saturated heterocycles. The van der Waals surface area contributed by atoms with Crippen LogP contribution in [0.15, 0.2) is 0 Å². The SMILES string of the molecule is CO[C@@H]1C(CO)O[C@H](O[C@@H]2C(CO)O[C@H](O[C@@H]3C(CO)O[C@H](O[C@@H]4C(CO)O[C@H](O[C@@H]5C(CO)O[C@H](O[C@@H]6C(CO)O[C@H](O[C@@H]7C(CO)O[C@H](O[C@@H]8C(CO)O[C@@H](O[C@@H]9C(CO)OCC(O)C9O)C(O)C8O)C(O)C7O)C(O)C6O)C(O)C5O)C(O)C4O)C(O)C3O)C(O)C2O)C(O)C1O. The van der Waals surface area contributed by atoms with Crippen LogP contribution < -0.4 is 0 Å². The molecular formula is C55H94O45. The Kier molecular flexibility index (Phi) is 29.6. The summed E-state index contributed by atoms with van der Waals surface area (Å²) in [6.07, 6.45) is -84.2. The van der Waals surface area contributed by atoms with Crippen molar-refractivity contribution in [2.75, 3.05) is 73.2 Å². The van der Waals surface area contributed by atoms with Crippen molar-refractivity contribution in [1.29, 1.82) is 0 Å². The van der Waals surface area contributed by atoms with E-state index in [2.05, 4.69) is 0 Å². The molecule has 9 fully saturated rings. The third kappa shape index (κ3) is 16.9. The quantitative estimate of drug-likeness (QED) is 0.0382. The van der Waals surface area contributed by atoms with Gasteiger partial charge in [0.1, 0.15) is 220 Å². The van der Waals surface area contributed by atoms with Gasteiger partial charge in [0, 0.05) is 7.11 Å². The molecule has 0 aromatic rings. The predicted molar refractivity (Wildman–Crippen MR) is 301 cm³/mol. The minimum Gasteiger partial charge on any atom is -0.394 e. The van der Waals surface area contributed by atoms with Gasteiger partial charge in [-0.1, -0.05) is 0 Å². The number of aliphatic hydroxyl groups is 27. The van der Waals surface area contributed by atoms with Gasteiger partial charge in [0.05, 0.1) is 66.1 Å². The van der Waals surface area contributed by atoms with E-state index in [1.54, 1.807) is 0 Å². The third-order valence-corrected chi connectivity index (χ3v) is 18.9. The largest absolute Gasteiger partial charge is 0.394 e. The summed E-state index contributed by atoms with van der Waals surface area (Å²) in [4.78, 5) is 0. The van der Waals surface area contributed by atoms with Crippen LogP contribution >= 0.6 is 0 Å². The molecule has 584 valence electrons. The summed E-state index contributed by atoms with van der Waals surface area (Å²) in [5.74, 6) is 0. The van der Waals surface area contributed by atoms with E-state index in [1.165, 1.54) is 7.11 Å². The smallest absolute Gasteiger partial charge is 0.187 e. The highest BCUT2D eigenvalue weighted by molar-refractivity contribution is 5.02. The van der Waals surface area contributed by atoms with Crippen LogP contribution in [0.3, 0.4) is 0 Å². The van der Waals surface area contributed by atoms with Gasteiger partial charge in [0.25, 0.3) is 0 Å². The van der Waals surface area contributed by atoms with E-state index in [4.69, 9.17) is 85.3 Å². The second kappa shape index (κ2) is 35.9. The number of aliphatic hydroxyl groups excluding tert-OH is 27. The minimum absolute atomic E-state index is 0.386. The summed E-state index contributed by atoms with van der Waals surface area (Å²) in [6, 6.07) is 0. The van der Waals surface area contributed by atoms with Crippen molar-refractivity contribution in [1.82, 2.24) is 0 Å². The molecule has 45 heteroatoms. The zero-order valence-electron chi connectivity index (χ0n) is 52.9. The maximum absolute atomic E-state index is 11.5. The average Bonchev–Trinajstić information content (AvgIpc) is 0.780. The zero-order chi connectivity index (χ0) is 73.2. The summed E-state index contributed by atoms with van der Waals surface area (Å²) < 4.78 is 101. The topological polar surface area (TPSA) is 712 Å². The van der Waals surface area contributed by atoms with Crippen molar-refractivity contribution in [2.24, 2.45) is 0 Å². The molecule has 45 nitrogen and oxygen atoms in total. The molecule has 9 heterocycles. The lowest BCUT2D eigenvalue weighted by Gasteiger charge is -2.50. The fourth-order valence-corrected chi connectivity index (χ4v) is 13.2. The lowest BCUT2D eigenvalue weighted by molar-refractivity contribution is -0.399. The van der Waals surface area contributed by atoms with Crippen molar-refractivity contribution in [3.05, 3.63) is 0 Å². The summed E-state index contributed by atoms with van der Waals surface area (Å²) in [7, 11) is 1.17. The van der Waals surface area contributed by atoms with Crippen LogP contribution in [0, 0.1) is 0 Å². The van der Waals surface area contributed by atoms with Crippen LogP contribution in [-0.4, -0.2) is 481 Å². The van der Waals surface area contributed by atoms with Gasteiger partial charge < -0.3 is 223 Å². The normalized spacial score (nSPS) is 52.9. The van der Waals surface area contributed by atoms with Gasteiger partial charge in [-0.2, -0.15) is 0 Å². The number of rotatable bonds is 26. The molecule has 9 aliphatic rings. The fourth-order valence-electron chi connectivity index (χ4n) is 13.2. The Balaban J connectivity index is 0.771. The van der Waals surface area contributed by atoms with Gasteiger partial charge in [-0.25, -0.2) is 0 Å². The fraction of sp³-hybridized carbons (Fsp3) is 1.00. The van der Waals surface area contributed by atoms with E-state index in [9.17, 15) is 138 Å². The molecule has 0 amide bonds. The summed E-state index contributed by atoms with van der Waals surface area (Å²) >= 11 is 0. The monoisotopic (exact) mass is 1470 g/mol. The van der Waals surface area contributed by atoms with Crippen LogP contribution in [0.4, 0.5) is 0 Å². The molecule has 0 bridgehead atoms. The second-order valence-corrected chi connectivity index (χ2v) is 25.3. The first kappa shape index (κ1) is 82.3. The van der Waals surface area contributed by atoms with Gasteiger partial charge in [-0.05, 0) is 0 Å². The van der Waals surface area contributed by atoms with Crippen molar-refractivity contribution in [2.45, 2.75) is 270 Å². The number of hydrogen-bond acceptors (Lipinski definition) is 45. The first-order chi connectivity index (χ1) is 47.6. The Labute approximate surface area is 565 Å². The third-order valence-electron chi connectivity index (χ3n) is 18.9. The van der Waals surface area contributed by atoms with Crippen LogP contribution in [0.1, 0.15) is 0 Å². The molecule has 100 heavy (non-hydrogen) atoms. The van der Waals surface area contributed by atoms with E-state index >= 15 is 0 Å². The van der Waals surface area contributed by atoms with Gasteiger partial charge in [0.15, 0.2) is 50.3 Å². The number of ether oxygens (including phenoxy) is 18. The molecule has 0 aliphatic carbocycles. The van der Waals surface area contributed by atoms with Gasteiger partial charge in [-0.3, -0.25) is 0 Å². The Morgan fingerprint density at radius 1 is 0.210 bits per heavy atom. The van der Waals surface area contributed by atoms with Crippen molar-refractivity contribution in [3.63, 3.8) is 0 Å². The second-order valence-electron chi connectivity index (χ2n) is 25.3. The zero-order valence-corrected chi connectivity index (χ0v) is 52.9. The Hall–Kier alpha value is -1.80. The average molecular weight is 1480 g/mol. The van der Waals surface area contributed by atoms with E-state index < -0.39 is 330 Å². The molecule has 9 aliphatic heterocycles. The van der Waals surface area contributed by atoms with Crippen molar-refractivity contribution >= 4 is 0 Å². The predicted octanol–water partition coefficient (Wildman–Crippen LogP) is -19.3. The minimum atomic E-state index is -2.29. The Bertz CT molecular complexity index is 2420. The summed E-state index contributed by atoms with van der Waals surface area (Å²) in [6.45, 7) is -9.23. The summed E-state index contributed by atoms with van der Waals surface area (Å²) in [5, 5.41) is 292. The molecule has 9 rings (SSSR count). The van der Waals surface area contributed by atoms with Crippen LogP contribution in [0.2, 0.25) is 0 Å². The lowest BCUT2D eigenvalue weighted by Crippen LogP contribution is -2.68. The number of hydrogen-bond donors (Lipinski definition) is 27. The molecule has 0 saturated carbocycles. The van der Waals surface area contributed by atoms with Crippen molar-refractivity contribution < 1.29 is 223 Å². The lowest BCUT2D eigenvalue weighted by atomic mass is 9.95. The maximum Gasteiger partial charge on any atom is 0.187 e. The number of methoxy groups -OCH3 is 1. The highest BCUT2D eigenvalue weighted by Gasteiger charge is 2.60. The molecular weight excluding hydrogens is 1380 g/mol. The molecule has 0 radical (unpaired) electrons. The van der Waals surface area contributed by atoms with Gasteiger partial charge in [0.2, 0.25) is 0 Å². The van der Waals surface area contributed by atoms with Gasteiger partial charge in [-0.15, -0.1) is 0 Å². The van der Waals surface area contributed by atoms with E-state index in [0.717, 1.165) is 0 Å². The van der Waals surface area contributed by atoms with E-state index in [1.807, 2.05) is 0 Å². The van der Waals surface area contributed by atoms with Gasteiger partial charge >= 0.3 is 0 Å². The Morgan fingerprint density at radius 3 is 0.520 bits per heavy atom. The van der Waals surface area contributed by atoms with Crippen molar-refractivity contribution in [3.8, 4) is 0 Å². The molecule has 0 aromatic heterocycles. The van der Waals surface area contributed by atoms with Crippen LogP contribution in [-0.2, 0) is 85.3 Å². The highest BCUT2D eigenvalue weighted by atomic mass is 16.8. The first-order valence-electron chi connectivity index (χ1n) is 32.0. The first-order valence-corrected chi connectivity index (χ1v) is 32.0. The van der Waals surface area contributed by atoms with E-state index in [0.29, 0.717) is 0 Å². The molecule has 44 atom stereocenters. The molecule has 27 N–H and O–H groups in total. The molecule has 0 aromatic carbocycles. The molecule has 0 spiro atoms. The van der Waals surface area contributed by atoms with Crippen LogP contribution in [0.25, 0.3) is 0 Å². The molecule has 27 unspecified atom stereocenters.